The minimum Gasteiger partial charge on any atom is -0.340 e. The third-order valence-corrected chi connectivity index (χ3v) is 3.54. The van der Waals surface area contributed by atoms with Gasteiger partial charge >= 0.3 is 0 Å². The number of piperidine rings is 1. The molecule has 1 N–H and O–H groups in total. The number of hydrogen-bond donors (Lipinski definition) is 1. The lowest BCUT2D eigenvalue weighted by Crippen LogP contribution is -2.44. The average Bonchev–Trinajstić information content (AvgIpc) is 2.39. The topological polar surface area (TPSA) is 45.2 Å². The van der Waals surface area contributed by atoms with Crippen LogP contribution in [0.25, 0.3) is 0 Å². The van der Waals surface area contributed by atoms with Crippen LogP contribution in [0.5, 0.6) is 0 Å². The van der Waals surface area contributed by atoms with E-state index in [1.165, 1.54) is 12.8 Å². The highest BCUT2D eigenvalue weighted by atomic mass is 35.5. The molecule has 1 aliphatic rings. The van der Waals surface area contributed by atoms with E-state index in [-0.39, 0.29) is 23.5 Å². The van der Waals surface area contributed by atoms with Gasteiger partial charge in [0.1, 0.15) is 5.15 Å². The lowest BCUT2D eigenvalue weighted by molar-refractivity contribution is 0.0775. The number of pyridine rings is 1. The number of halogens is 2. The minimum atomic E-state index is -0.0690. The first-order valence-corrected chi connectivity index (χ1v) is 6.65. The SMILES string of the molecule is CN(CC1CCCCN1)C(=O)c1cccnc1Cl.Cl. The highest BCUT2D eigenvalue weighted by Crippen LogP contribution is 2.15. The van der Waals surface area contributed by atoms with Crippen LogP contribution in [-0.4, -0.2) is 42.0 Å². The molecule has 0 aromatic carbocycles. The number of aromatic nitrogens is 1. The van der Waals surface area contributed by atoms with Gasteiger partial charge in [-0.05, 0) is 31.5 Å². The fourth-order valence-electron chi connectivity index (χ4n) is 2.24. The number of amides is 1. The van der Waals surface area contributed by atoms with E-state index in [0.717, 1.165) is 13.0 Å². The van der Waals surface area contributed by atoms with Gasteiger partial charge in [0, 0.05) is 25.8 Å². The van der Waals surface area contributed by atoms with E-state index in [1.807, 2.05) is 7.05 Å². The summed E-state index contributed by atoms with van der Waals surface area (Å²) in [6, 6.07) is 3.83. The van der Waals surface area contributed by atoms with Gasteiger partial charge in [0.25, 0.3) is 5.91 Å². The number of nitrogens with one attached hydrogen (secondary N) is 1. The lowest BCUT2D eigenvalue weighted by Gasteiger charge is -2.28. The van der Waals surface area contributed by atoms with E-state index in [4.69, 9.17) is 11.6 Å². The van der Waals surface area contributed by atoms with Crippen molar-refractivity contribution in [1.82, 2.24) is 15.2 Å². The second-order valence-corrected chi connectivity index (χ2v) is 5.03. The fraction of sp³-hybridized carbons (Fsp3) is 0.538. The third-order valence-electron chi connectivity index (χ3n) is 3.24. The summed E-state index contributed by atoms with van der Waals surface area (Å²) < 4.78 is 0. The predicted molar refractivity (Wildman–Crippen MR) is 79.1 cm³/mol. The number of carbonyl (C=O) groups excluding carboxylic acids is 1. The Morgan fingerprint density at radius 1 is 1.58 bits per heavy atom. The molecule has 19 heavy (non-hydrogen) atoms. The Bertz CT molecular complexity index is 422. The Hall–Kier alpha value is -0.840. The van der Waals surface area contributed by atoms with Crippen molar-refractivity contribution < 1.29 is 4.79 Å². The largest absolute Gasteiger partial charge is 0.340 e. The van der Waals surface area contributed by atoms with Gasteiger partial charge in [0.05, 0.1) is 5.56 Å². The van der Waals surface area contributed by atoms with Crippen LogP contribution in [0.3, 0.4) is 0 Å². The molecule has 1 unspecified atom stereocenters. The summed E-state index contributed by atoms with van der Waals surface area (Å²) in [6.45, 7) is 1.75. The predicted octanol–water partition coefficient (Wildman–Crippen LogP) is 2.37. The van der Waals surface area contributed by atoms with E-state index in [9.17, 15) is 4.79 Å². The lowest BCUT2D eigenvalue weighted by atomic mass is 10.0. The molecule has 6 heteroatoms. The summed E-state index contributed by atoms with van der Waals surface area (Å²) in [5.74, 6) is -0.0690. The smallest absolute Gasteiger partial charge is 0.256 e. The Morgan fingerprint density at radius 2 is 2.37 bits per heavy atom. The zero-order chi connectivity index (χ0) is 13.0. The van der Waals surface area contributed by atoms with Crippen LogP contribution in [-0.2, 0) is 0 Å². The maximum Gasteiger partial charge on any atom is 0.256 e. The van der Waals surface area contributed by atoms with Crippen molar-refractivity contribution in [3.05, 3.63) is 29.0 Å². The van der Waals surface area contributed by atoms with Crippen molar-refractivity contribution in [3.63, 3.8) is 0 Å². The summed E-state index contributed by atoms with van der Waals surface area (Å²) in [5.41, 5.74) is 0.470. The quantitative estimate of drug-likeness (QED) is 0.872. The van der Waals surface area contributed by atoms with Gasteiger partial charge in [-0.25, -0.2) is 4.98 Å². The van der Waals surface area contributed by atoms with Crippen LogP contribution in [0.4, 0.5) is 0 Å². The van der Waals surface area contributed by atoms with E-state index in [1.54, 1.807) is 23.2 Å². The van der Waals surface area contributed by atoms with E-state index < -0.39 is 0 Å². The highest BCUT2D eigenvalue weighted by Gasteiger charge is 2.20. The summed E-state index contributed by atoms with van der Waals surface area (Å²) in [6.07, 6.45) is 5.16. The number of nitrogens with zero attached hydrogens (tertiary/aromatic N) is 2. The van der Waals surface area contributed by atoms with Crippen LogP contribution in [0.15, 0.2) is 18.3 Å². The van der Waals surface area contributed by atoms with Crippen LogP contribution < -0.4 is 5.32 Å². The molecule has 1 saturated heterocycles. The Balaban J connectivity index is 0.00000180. The van der Waals surface area contributed by atoms with Crippen molar-refractivity contribution in [2.45, 2.75) is 25.3 Å². The molecule has 4 nitrogen and oxygen atoms in total. The Kier molecular flexibility index (Phi) is 6.55. The van der Waals surface area contributed by atoms with Crippen molar-refractivity contribution in [3.8, 4) is 0 Å². The molecule has 2 rings (SSSR count). The molecule has 0 radical (unpaired) electrons. The van der Waals surface area contributed by atoms with Crippen LogP contribution in [0.1, 0.15) is 29.6 Å². The van der Waals surface area contributed by atoms with Gasteiger partial charge in [-0.2, -0.15) is 0 Å². The molecule has 1 aromatic rings. The molecular formula is C13H19Cl2N3O. The monoisotopic (exact) mass is 303 g/mol. The van der Waals surface area contributed by atoms with E-state index in [0.29, 0.717) is 18.2 Å². The van der Waals surface area contributed by atoms with E-state index >= 15 is 0 Å². The molecule has 0 saturated carbocycles. The molecular weight excluding hydrogens is 285 g/mol. The molecule has 1 aliphatic heterocycles. The molecule has 0 aliphatic carbocycles. The molecule has 1 fully saturated rings. The molecule has 2 heterocycles. The summed E-state index contributed by atoms with van der Waals surface area (Å²) in [7, 11) is 1.81. The van der Waals surface area contributed by atoms with Crippen molar-refractivity contribution in [1.29, 1.82) is 0 Å². The Morgan fingerprint density at radius 3 is 3.00 bits per heavy atom. The first-order valence-electron chi connectivity index (χ1n) is 6.28. The molecule has 1 atom stereocenters. The first-order chi connectivity index (χ1) is 8.68. The molecule has 0 spiro atoms. The van der Waals surface area contributed by atoms with Crippen LogP contribution >= 0.6 is 24.0 Å². The summed E-state index contributed by atoms with van der Waals surface area (Å²) in [5, 5.41) is 3.70. The second kappa shape index (κ2) is 7.68. The first kappa shape index (κ1) is 16.2. The highest BCUT2D eigenvalue weighted by molar-refractivity contribution is 6.32. The maximum absolute atomic E-state index is 12.2. The minimum absolute atomic E-state index is 0. The number of rotatable bonds is 3. The standard InChI is InChI=1S/C13H18ClN3O.ClH/c1-17(9-10-5-2-3-7-15-10)13(18)11-6-4-8-16-12(11)14;/h4,6,8,10,15H,2-3,5,7,9H2,1H3;1H. The van der Waals surface area contributed by atoms with E-state index in [2.05, 4.69) is 10.3 Å². The number of likely N-dealkylation sites (N-methyl/N-ethyl adjacent to an activating group) is 1. The third kappa shape index (κ3) is 4.34. The van der Waals surface area contributed by atoms with Crippen molar-refractivity contribution >= 4 is 29.9 Å². The molecule has 0 bridgehead atoms. The fourth-order valence-corrected chi connectivity index (χ4v) is 2.44. The van der Waals surface area contributed by atoms with Gasteiger partial charge in [-0.15, -0.1) is 12.4 Å². The van der Waals surface area contributed by atoms with Crippen LogP contribution in [0.2, 0.25) is 5.15 Å². The zero-order valence-electron chi connectivity index (χ0n) is 10.9. The Labute approximate surface area is 124 Å². The maximum atomic E-state index is 12.2. The molecule has 1 aromatic heterocycles. The van der Waals surface area contributed by atoms with Crippen molar-refractivity contribution in [2.24, 2.45) is 0 Å². The van der Waals surface area contributed by atoms with Gasteiger partial charge in [-0.1, -0.05) is 18.0 Å². The zero-order valence-corrected chi connectivity index (χ0v) is 12.5. The molecule has 1 amide bonds. The van der Waals surface area contributed by atoms with Crippen LogP contribution in [0, 0.1) is 0 Å². The average molecular weight is 304 g/mol. The molecule has 106 valence electrons. The normalized spacial score (nSPS) is 18.5. The van der Waals surface area contributed by atoms with Gasteiger partial charge in [-0.3, -0.25) is 4.79 Å². The summed E-state index contributed by atoms with van der Waals surface area (Å²) >= 11 is 5.93. The second-order valence-electron chi connectivity index (χ2n) is 4.67. The number of hydrogen-bond acceptors (Lipinski definition) is 3. The van der Waals surface area contributed by atoms with Gasteiger partial charge in [0.15, 0.2) is 0 Å². The van der Waals surface area contributed by atoms with Gasteiger partial charge < -0.3 is 10.2 Å². The van der Waals surface area contributed by atoms with Crippen molar-refractivity contribution in [2.75, 3.05) is 20.1 Å². The van der Waals surface area contributed by atoms with Gasteiger partial charge in [0.2, 0.25) is 0 Å². The summed E-state index contributed by atoms with van der Waals surface area (Å²) in [4.78, 5) is 17.9. The number of carbonyl (C=O) groups is 1.